The van der Waals surface area contributed by atoms with Crippen LogP contribution in [-0.4, -0.2) is 56.9 Å². The van der Waals surface area contributed by atoms with Gasteiger partial charge in [0.05, 0.1) is 7.11 Å². The van der Waals surface area contributed by atoms with Crippen LogP contribution in [0.15, 0.2) is 36.4 Å². The van der Waals surface area contributed by atoms with E-state index in [1.807, 2.05) is 12.1 Å². The van der Waals surface area contributed by atoms with Gasteiger partial charge in [0.2, 0.25) is 12.5 Å². The van der Waals surface area contributed by atoms with Crippen molar-refractivity contribution in [3.05, 3.63) is 52.5 Å². The number of likely N-dealkylation sites (tertiary alicyclic amines) is 1. The molecule has 0 radical (unpaired) electrons. The molecule has 2 aliphatic rings. The Morgan fingerprint density at radius 1 is 1.17 bits per heavy atom. The average Bonchev–Trinajstić information content (AvgIpc) is 3.21. The predicted octanol–water partition coefficient (Wildman–Crippen LogP) is 4.46. The Kier molecular flexibility index (Phi) is 7.03. The number of nitrogens with zero attached hydrogens (tertiary/aromatic N) is 2. The number of rotatable bonds is 8. The summed E-state index contributed by atoms with van der Waals surface area (Å²) < 4.78 is 16.5. The van der Waals surface area contributed by atoms with Gasteiger partial charge in [0.1, 0.15) is 0 Å². The molecule has 2 aromatic rings. The van der Waals surface area contributed by atoms with Crippen LogP contribution in [0.25, 0.3) is 0 Å². The lowest BCUT2D eigenvalue weighted by Crippen LogP contribution is -2.40. The van der Waals surface area contributed by atoms with E-state index in [0.29, 0.717) is 11.7 Å². The van der Waals surface area contributed by atoms with E-state index in [-0.39, 0.29) is 6.79 Å². The lowest BCUT2D eigenvalue weighted by molar-refractivity contribution is 0.142. The number of fused-ring (bicyclic) bond motifs is 1. The molecule has 6 heteroatoms. The third-order valence-corrected chi connectivity index (χ3v) is 6.23. The van der Waals surface area contributed by atoms with E-state index >= 15 is 0 Å². The highest BCUT2D eigenvalue weighted by Crippen LogP contribution is 2.42. The van der Waals surface area contributed by atoms with Gasteiger partial charge in [-0.05, 0) is 74.2 Å². The number of piperidine rings is 1. The summed E-state index contributed by atoms with van der Waals surface area (Å²) >= 11 is 6.00. The Morgan fingerprint density at radius 3 is 2.80 bits per heavy atom. The van der Waals surface area contributed by atoms with Gasteiger partial charge in [-0.15, -0.1) is 0 Å². The van der Waals surface area contributed by atoms with E-state index in [2.05, 4.69) is 41.1 Å². The molecule has 30 heavy (non-hydrogen) atoms. The second kappa shape index (κ2) is 9.90. The van der Waals surface area contributed by atoms with Crippen LogP contribution in [-0.2, 0) is 13.0 Å². The lowest BCUT2D eigenvalue weighted by Gasteiger charge is -2.34. The first-order valence-corrected chi connectivity index (χ1v) is 11.1. The molecule has 2 heterocycles. The second-order valence-electron chi connectivity index (χ2n) is 8.41. The van der Waals surface area contributed by atoms with Crippen molar-refractivity contribution < 1.29 is 14.2 Å². The number of halogens is 1. The standard InChI is InChI=1S/C24H31ClN2O3/c1-26(15-20-12-22(28-2)24-23(13-20)29-17-30-24)14-19-4-3-10-27(16-19)11-9-18-5-7-21(25)8-6-18/h5-8,12-13,19H,3-4,9-11,14-17H2,1-2H3. The van der Waals surface area contributed by atoms with Crippen LogP contribution in [0, 0.1) is 5.92 Å². The Hall–Kier alpha value is -1.95. The van der Waals surface area contributed by atoms with Gasteiger partial charge in [0.25, 0.3) is 0 Å². The third kappa shape index (κ3) is 5.39. The average molecular weight is 431 g/mol. The van der Waals surface area contributed by atoms with Gasteiger partial charge < -0.3 is 24.0 Å². The summed E-state index contributed by atoms with van der Waals surface area (Å²) in [6, 6.07) is 12.4. The first kappa shape index (κ1) is 21.3. The highest BCUT2D eigenvalue weighted by atomic mass is 35.5. The molecule has 1 fully saturated rings. The van der Waals surface area contributed by atoms with Crippen LogP contribution in [0.4, 0.5) is 0 Å². The molecule has 2 aromatic carbocycles. The molecule has 0 aromatic heterocycles. The van der Waals surface area contributed by atoms with Gasteiger partial charge >= 0.3 is 0 Å². The van der Waals surface area contributed by atoms with E-state index in [4.69, 9.17) is 25.8 Å². The highest BCUT2D eigenvalue weighted by Gasteiger charge is 2.23. The zero-order valence-electron chi connectivity index (χ0n) is 17.9. The SMILES string of the molecule is COc1cc(CN(C)CC2CCCN(CCc3ccc(Cl)cc3)C2)cc2c1OCO2. The number of methoxy groups -OCH3 is 1. The Bertz CT molecular complexity index is 843. The molecule has 0 spiro atoms. The molecule has 1 atom stereocenters. The quantitative estimate of drug-likeness (QED) is 0.617. The molecule has 0 bridgehead atoms. The molecule has 0 saturated carbocycles. The van der Waals surface area contributed by atoms with Crippen molar-refractivity contribution in [2.24, 2.45) is 5.92 Å². The van der Waals surface area contributed by atoms with E-state index in [1.54, 1.807) is 7.11 Å². The minimum Gasteiger partial charge on any atom is -0.493 e. The van der Waals surface area contributed by atoms with E-state index in [1.165, 1.54) is 37.1 Å². The van der Waals surface area contributed by atoms with E-state index in [0.717, 1.165) is 42.6 Å². The molecule has 0 aliphatic carbocycles. The summed E-state index contributed by atoms with van der Waals surface area (Å²) in [5, 5.41) is 0.805. The van der Waals surface area contributed by atoms with Crippen LogP contribution in [0.3, 0.4) is 0 Å². The topological polar surface area (TPSA) is 34.2 Å². The monoisotopic (exact) mass is 430 g/mol. The first-order chi connectivity index (χ1) is 14.6. The van der Waals surface area contributed by atoms with Crippen molar-refractivity contribution in [3.63, 3.8) is 0 Å². The first-order valence-electron chi connectivity index (χ1n) is 10.7. The van der Waals surface area contributed by atoms with Crippen molar-refractivity contribution in [2.75, 3.05) is 47.1 Å². The van der Waals surface area contributed by atoms with Gasteiger partial charge in [0.15, 0.2) is 11.5 Å². The third-order valence-electron chi connectivity index (χ3n) is 5.97. The lowest BCUT2D eigenvalue weighted by atomic mass is 9.97. The zero-order chi connectivity index (χ0) is 20.9. The number of ether oxygens (including phenoxy) is 3. The van der Waals surface area contributed by atoms with Crippen LogP contribution in [0.2, 0.25) is 5.02 Å². The summed E-state index contributed by atoms with van der Waals surface area (Å²) in [5.74, 6) is 2.95. The van der Waals surface area contributed by atoms with Gasteiger partial charge in [-0.25, -0.2) is 0 Å². The Balaban J connectivity index is 1.28. The smallest absolute Gasteiger partial charge is 0.231 e. The largest absolute Gasteiger partial charge is 0.493 e. The fourth-order valence-electron chi connectivity index (χ4n) is 4.53. The Morgan fingerprint density at radius 2 is 2.00 bits per heavy atom. The minimum absolute atomic E-state index is 0.263. The molecule has 162 valence electrons. The van der Waals surface area contributed by atoms with Gasteiger partial charge in [-0.1, -0.05) is 23.7 Å². The van der Waals surface area contributed by atoms with Gasteiger partial charge in [0, 0.05) is 31.2 Å². The van der Waals surface area contributed by atoms with Gasteiger partial charge in [-0.2, -0.15) is 0 Å². The normalized spacial score (nSPS) is 18.7. The molecule has 5 nitrogen and oxygen atoms in total. The number of hydrogen-bond acceptors (Lipinski definition) is 5. The van der Waals surface area contributed by atoms with Crippen LogP contribution >= 0.6 is 11.6 Å². The molecule has 0 amide bonds. The molecule has 1 unspecified atom stereocenters. The van der Waals surface area contributed by atoms with Crippen molar-refractivity contribution in [1.82, 2.24) is 9.80 Å². The maximum absolute atomic E-state index is 6.00. The molecular weight excluding hydrogens is 400 g/mol. The molecule has 0 N–H and O–H groups in total. The number of benzene rings is 2. The molecular formula is C24H31ClN2O3. The Labute approximate surface area is 184 Å². The van der Waals surface area contributed by atoms with Crippen molar-refractivity contribution >= 4 is 11.6 Å². The summed E-state index contributed by atoms with van der Waals surface area (Å²) in [6.07, 6.45) is 3.65. The molecule has 2 aliphatic heterocycles. The maximum atomic E-state index is 6.00. The minimum atomic E-state index is 0.263. The van der Waals surface area contributed by atoms with Crippen LogP contribution in [0.1, 0.15) is 24.0 Å². The van der Waals surface area contributed by atoms with Gasteiger partial charge in [-0.3, -0.25) is 0 Å². The second-order valence-corrected chi connectivity index (χ2v) is 8.85. The fraction of sp³-hybridized carbons (Fsp3) is 0.500. The van der Waals surface area contributed by atoms with Crippen molar-refractivity contribution in [1.29, 1.82) is 0 Å². The van der Waals surface area contributed by atoms with E-state index < -0.39 is 0 Å². The molecule has 1 saturated heterocycles. The predicted molar refractivity (Wildman–Crippen MR) is 120 cm³/mol. The van der Waals surface area contributed by atoms with Crippen molar-refractivity contribution in [3.8, 4) is 17.2 Å². The highest BCUT2D eigenvalue weighted by molar-refractivity contribution is 6.30. The summed E-state index contributed by atoms with van der Waals surface area (Å²) in [7, 11) is 3.87. The van der Waals surface area contributed by atoms with Crippen LogP contribution in [0.5, 0.6) is 17.2 Å². The summed E-state index contributed by atoms with van der Waals surface area (Å²) in [6.45, 7) is 5.71. The fourth-order valence-corrected chi connectivity index (χ4v) is 4.66. The molecule has 4 rings (SSSR count). The summed E-state index contributed by atoms with van der Waals surface area (Å²) in [4.78, 5) is 5.02. The van der Waals surface area contributed by atoms with E-state index in [9.17, 15) is 0 Å². The zero-order valence-corrected chi connectivity index (χ0v) is 18.7. The number of hydrogen-bond donors (Lipinski definition) is 0. The summed E-state index contributed by atoms with van der Waals surface area (Å²) in [5.41, 5.74) is 2.55. The van der Waals surface area contributed by atoms with Crippen molar-refractivity contribution in [2.45, 2.75) is 25.8 Å². The maximum Gasteiger partial charge on any atom is 0.231 e. The van der Waals surface area contributed by atoms with Crippen LogP contribution < -0.4 is 14.2 Å².